The molecule has 7 heteroatoms. The summed E-state index contributed by atoms with van der Waals surface area (Å²) in [5, 5.41) is 3.49. The average molecular weight is 383 g/mol. The van der Waals surface area contributed by atoms with Crippen LogP contribution in [0.3, 0.4) is 0 Å². The predicted octanol–water partition coefficient (Wildman–Crippen LogP) is 1.92. The van der Waals surface area contributed by atoms with Crippen molar-refractivity contribution in [3.63, 3.8) is 0 Å². The zero-order valence-electron chi connectivity index (χ0n) is 16.8. The van der Waals surface area contributed by atoms with Gasteiger partial charge in [-0.2, -0.15) is 0 Å². The van der Waals surface area contributed by atoms with Crippen molar-refractivity contribution in [2.75, 3.05) is 36.5 Å². The molecule has 0 aromatic carbocycles. The lowest BCUT2D eigenvalue weighted by Gasteiger charge is -2.32. The zero-order chi connectivity index (χ0) is 19.9. The van der Waals surface area contributed by atoms with Crippen molar-refractivity contribution in [1.29, 1.82) is 0 Å². The Bertz CT molecular complexity index is 771. The summed E-state index contributed by atoms with van der Waals surface area (Å²) in [4.78, 5) is 24.9. The Morgan fingerprint density at radius 1 is 1.25 bits per heavy atom. The highest BCUT2D eigenvalue weighted by atomic mass is 16.1. The lowest BCUT2D eigenvalue weighted by Crippen LogP contribution is -2.39. The Kier molecular flexibility index (Phi) is 6.81. The van der Waals surface area contributed by atoms with Gasteiger partial charge in [0.05, 0.1) is 0 Å². The zero-order valence-corrected chi connectivity index (χ0v) is 16.8. The second-order valence-electron chi connectivity index (χ2n) is 7.29. The van der Waals surface area contributed by atoms with Gasteiger partial charge in [-0.15, -0.1) is 0 Å². The fraction of sp³-hybridized carbons (Fsp3) is 0.476. The van der Waals surface area contributed by atoms with E-state index in [0.29, 0.717) is 0 Å². The number of hydrogen-bond donors (Lipinski definition) is 2. The number of amides is 1. The van der Waals surface area contributed by atoms with E-state index in [2.05, 4.69) is 50.2 Å². The van der Waals surface area contributed by atoms with E-state index in [-0.39, 0.29) is 11.8 Å². The number of nitrogens with zero attached hydrogens (tertiary/aromatic N) is 4. The van der Waals surface area contributed by atoms with Crippen LogP contribution in [0, 0.1) is 5.92 Å². The first-order valence-corrected chi connectivity index (χ1v) is 9.93. The Labute approximate surface area is 167 Å². The van der Waals surface area contributed by atoms with E-state index >= 15 is 0 Å². The van der Waals surface area contributed by atoms with Crippen LogP contribution in [-0.4, -0.2) is 42.6 Å². The van der Waals surface area contributed by atoms with Crippen molar-refractivity contribution < 1.29 is 4.79 Å². The lowest BCUT2D eigenvalue weighted by molar-refractivity contribution is -0.122. The summed E-state index contributed by atoms with van der Waals surface area (Å²) in [5.74, 6) is 1.78. The largest absolute Gasteiger partial charge is 0.369 e. The molecule has 2 aromatic heterocycles. The molecule has 0 saturated carbocycles. The summed E-state index contributed by atoms with van der Waals surface area (Å²) in [7, 11) is 2.04. The molecule has 1 aliphatic rings. The van der Waals surface area contributed by atoms with E-state index < -0.39 is 0 Å². The second kappa shape index (κ2) is 9.50. The van der Waals surface area contributed by atoms with Crippen molar-refractivity contribution in [2.45, 2.75) is 32.9 Å². The minimum Gasteiger partial charge on any atom is -0.369 e. The number of piperidine rings is 1. The molecule has 0 aliphatic carbocycles. The highest BCUT2D eigenvalue weighted by Gasteiger charge is 2.24. The van der Waals surface area contributed by atoms with Crippen LogP contribution in [-0.2, 0) is 17.9 Å². The normalized spacial score (nSPS) is 14.9. The molecule has 28 heavy (non-hydrogen) atoms. The number of carbonyl (C=O) groups excluding carboxylic acids is 1. The second-order valence-corrected chi connectivity index (χ2v) is 7.29. The monoisotopic (exact) mass is 382 g/mol. The highest BCUT2D eigenvalue weighted by Crippen LogP contribution is 2.24. The minimum atomic E-state index is -0.188. The molecule has 3 rings (SSSR count). The first-order valence-electron chi connectivity index (χ1n) is 9.93. The molecule has 7 nitrogen and oxygen atoms in total. The van der Waals surface area contributed by atoms with Gasteiger partial charge in [0.15, 0.2) is 0 Å². The molecule has 3 heterocycles. The Morgan fingerprint density at radius 3 is 2.68 bits per heavy atom. The van der Waals surface area contributed by atoms with E-state index in [1.54, 1.807) is 0 Å². The molecule has 1 fully saturated rings. The van der Waals surface area contributed by atoms with Crippen LogP contribution in [0.4, 0.5) is 11.6 Å². The van der Waals surface area contributed by atoms with E-state index in [1.807, 2.05) is 25.5 Å². The predicted molar refractivity (Wildman–Crippen MR) is 112 cm³/mol. The van der Waals surface area contributed by atoms with Crippen LogP contribution < -0.4 is 20.9 Å². The third kappa shape index (κ3) is 4.98. The lowest BCUT2D eigenvalue weighted by atomic mass is 9.96. The molecule has 1 saturated heterocycles. The number of hydrogen-bond acceptors (Lipinski definition) is 6. The van der Waals surface area contributed by atoms with Crippen molar-refractivity contribution in [3.8, 4) is 0 Å². The molecule has 0 bridgehead atoms. The summed E-state index contributed by atoms with van der Waals surface area (Å²) in [6.07, 6.45) is 5.34. The number of aromatic nitrogens is 2. The molecule has 0 spiro atoms. The van der Waals surface area contributed by atoms with Gasteiger partial charge in [0, 0.05) is 63.6 Å². The smallest absolute Gasteiger partial charge is 0.220 e. The van der Waals surface area contributed by atoms with Gasteiger partial charge in [-0.05, 0) is 37.5 Å². The molecule has 1 aliphatic heterocycles. The third-order valence-corrected chi connectivity index (χ3v) is 5.38. The quantitative estimate of drug-likeness (QED) is 0.725. The number of nitrogens with one attached hydrogen (secondary N) is 1. The van der Waals surface area contributed by atoms with Gasteiger partial charge >= 0.3 is 0 Å². The molecule has 0 atom stereocenters. The number of primary amides is 1. The van der Waals surface area contributed by atoms with E-state index in [4.69, 9.17) is 5.73 Å². The number of pyridine rings is 2. The van der Waals surface area contributed by atoms with Crippen molar-refractivity contribution >= 4 is 17.5 Å². The van der Waals surface area contributed by atoms with Gasteiger partial charge in [-0.3, -0.25) is 4.79 Å². The highest BCUT2D eigenvalue weighted by molar-refractivity contribution is 5.77. The van der Waals surface area contributed by atoms with E-state index in [1.165, 1.54) is 0 Å². The van der Waals surface area contributed by atoms with Crippen molar-refractivity contribution in [3.05, 3.63) is 47.8 Å². The molecule has 3 N–H and O–H groups in total. The van der Waals surface area contributed by atoms with E-state index in [0.717, 1.165) is 68.3 Å². The topological polar surface area (TPSA) is 87.4 Å². The van der Waals surface area contributed by atoms with Crippen LogP contribution in [0.5, 0.6) is 0 Å². The maximum absolute atomic E-state index is 11.4. The van der Waals surface area contributed by atoms with Crippen LogP contribution in [0.15, 0.2) is 36.7 Å². The molecule has 150 valence electrons. The fourth-order valence-electron chi connectivity index (χ4n) is 3.48. The van der Waals surface area contributed by atoms with Gasteiger partial charge in [0.25, 0.3) is 0 Å². The standard InChI is InChI=1S/C21H30N6O/c1-3-26(2)19-7-6-16(14-25-19)13-23-15-18-5-4-10-24-21(18)27-11-8-17(9-12-27)20(22)28/h4-7,10,14,17,23H,3,8-9,11-13,15H2,1-2H3,(H2,22,28). The summed E-state index contributed by atoms with van der Waals surface area (Å²) < 4.78 is 0. The third-order valence-electron chi connectivity index (χ3n) is 5.38. The SMILES string of the molecule is CCN(C)c1ccc(CNCc2cccnc2N2CCC(C(N)=O)CC2)cn1. The number of nitrogens with two attached hydrogens (primary N) is 1. The summed E-state index contributed by atoms with van der Waals surface area (Å²) in [6, 6.07) is 8.24. The number of rotatable bonds is 8. The van der Waals surface area contributed by atoms with Crippen LogP contribution in [0.25, 0.3) is 0 Å². The summed E-state index contributed by atoms with van der Waals surface area (Å²) in [6.45, 7) is 6.16. The number of anilines is 2. The summed E-state index contributed by atoms with van der Waals surface area (Å²) in [5.41, 5.74) is 7.76. The van der Waals surface area contributed by atoms with Crippen molar-refractivity contribution in [2.24, 2.45) is 11.7 Å². The maximum atomic E-state index is 11.4. The van der Waals surface area contributed by atoms with Crippen LogP contribution >= 0.6 is 0 Å². The van der Waals surface area contributed by atoms with Gasteiger partial charge in [-0.1, -0.05) is 12.1 Å². The number of carbonyl (C=O) groups is 1. The fourth-order valence-corrected chi connectivity index (χ4v) is 3.48. The first kappa shape index (κ1) is 20.1. The molecule has 2 aromatic rings. The Morgan fingerprint density at radius 2 is 2.04 bits per heavy atom. The van der Waals surface area contributed by atoms with Gasteiger partial charge in [0.1, 0.15) is 11.6 Å². The van der Waals surface area contributed by atoms with Crippen LogP contribution in [0.2, 0.25) is 0 Å². The molecule has 1 amide bonds. The van der Waals surface area contributed by atoms with Crippen LogP contribution in [0.1, 0.15) is 30.9 Å². The summed E-state index contributed by atoms with van der Waals surface area (Å²) >= 11 is 0. The van der Waals surface area contributed by atoms with E-state index in [9.17, 15) is 4.79 Å². The van der Waals surface area contributed by atoms with Gasteiger partial charge in [-0.25, -0.2) is 9.97 Å². The maximum Gasteiger partial charge on any atom is 0.220 e. The Balaban J connectivity index is 1.56. The molecule has 0 radical (unpaired) electrons. The Hall–Kier alpha value is -2.67. The molecule has 0 unspecified atom stereocenters. The van der Waals surface area contributed by atoms with Gasteiger partial charge in [0.2, 0.25) is 5.91 Å². The average Bonchev–Trinajstić information content (AvgIpc) is 2.74. The molecular weight excluding hydrogens is 352 g/mol. The first-order chi connectivity index (χ1) is 13.6. The molecular formula is C21H30N6O. The van der Waals surface area contributed by atoms with Crippen molar-refractivity contribution in [1.82, 2.24) is 15.3 Å². The minimum absolute atomic E-state index is 0.0104. The van der Waals surface area contributed by atoms with Gasteiger partial charge < -0.3 is 20.9 Å².